The van der Waals surface area contributed by atoms with Gasteiger partial charge >= 0.3 is 0 Å². The topological polar surface area (TPSA) is 36.9 Å². The van der Waals surface area contributed by atoms with Crippen molar-refractivity contribution in [2.75, 3.05) is 0 Å². The second kappa shape index (κ2) is 4.03. The van der Waals surface area contributed by atoms with Crippen molar-refractivity contribution >= 4 is 27.6 Å². The van der Waals surface area contributed by atoms with E-state index in [-0.39, 0.29) is 0 Å². The molecule has 0 N–H and O–H groups in total. The highest BCUT2D eigenvalue weighted by atomic mass is 35.5. The predicted molar refractivity (Wildman–Crippen MR) is 65.0 cm³/mol. The summed E-state index contributed by atoms with van der Waals surface area (Å²) in [5.41, 5.74) is 2.40. The number of hydrogen-bond donors (Lipinski definition) is 0. The Morgan fingerprint density at radius 1 is 1.38 bits per heavy atom. The van der Waals surface area contributed by atoms with Crippen LogP contribution in [-0.4, -0.2) is 0 Å². The quantitative estimate of drug-likeness (QED) is 0.689. The zero-order chi connectivity index (χ0) is 11.7. The Hall–Kier alpha value is -1.72. The van der Waals surface area contributed by atoms with Gasteiger partial charge in [-0.15, -0.1) is 0 Å². The van der Waals surface area contributed by atoms with E-state index in [4.69, 9.17) is 21.3 Å². The third-order valence-electron chi connectivity index (χ3n) is 2.39. The summed E-state index contributed by atoms with van der Waals surface area (Å²) in [6.45, 7) is 3.69. The largest absolute Gasteiger partial charge is 0.455 e. The summed E-state index contributed by atoms with van der Waals surface area (Å²) >= 11 is 6.03. The molecule has 16 heavy (non-hydrogen) atoms. The number of hydrogen-bond acceptors (Lipinski definition) is 2. The van der Waals surface area contributed by atoms with Crippen LogP contribution < -0.4 is 0 Å². The van der Waals surface area contributed by atoms with Crippen molar-refractivity contribution in [3.63, 3.8) is 0 Å². The lowest BCUT2D eigenvalue weighted by atomic mass is 10.2. The Morgan fingerprint density at radius 3 is 2.81 bits per heavy atom. The van der Waals surface area contributed by atoms with Crippen LogP contribution in [0.5, 0.6) is 0 Å². The molecule has 0 aliphatic rings. The molecule has 1 aromatic carbocycles. The van der Waals surface area contributed by atoms with Crippen molar-refractivity contribution in [1.82, 2.24) is 0 Å². The molecule has 0 spiro atoms. The van der Waals surface area contributed by atoms with E-state index < -0.39 is 0 Å². The van der Waals surface area contributed by atoms with Crippen LogP contribution in [0.25, 0.3) is 16.0 Å². The molecule has 0 bridgehead atoms. The first-order chi connectivity index (χ1) is 7.61. The van der Waals surface area contributed by atoms with Crippen LogP contribution in [0.1, 0.15) is 18.2 Å². The number of fused-ring (bicyclic) bond motifs is 1. The second-order valence-corrected chi connectivity index (χ2v) is 4.08. The van der Waals surface area contributed by atoms with Gasteiger partial charge in [0, 0.05) is 11.0 Å². The predicted octanol–water partition coefficient (Wildman–Crippen LogP) is 4.23. The Bertz CT molecular complexity index is 616. The van der Waals surface area contributed by atoms with Gasteiger partial charge in [-0.3, -0.25) is 0 Å². The second-order valence-electron chi connectivity index (χ2n) is 3.70. The molecule has 0 saturated carbocycles. The monoisotopic (exact) mass is 231 g/mol. The summed E-state index contributed by atoms with van der Waals surface area (Å²) in [5, 5.41) is 10.1. The molecule has 2 aromatic rings. The summed E-state index contributed by atoms with van der Waals surface area (Å²) in [5.74, 6) is 0.543. The smallest absolute Gasteiger partial charge is 0.147 e. The Kier molecular flexibility index (Phi) is 2.72. The van der Waals surface area contributed by atoms with Crippen molar-refractivity contribution in [1.29, 1.82) is 5.26 Å². The average Bonchev–Trinajstić information content (AvgIpc) is 2.69. The van der Waals surface area contributed by atoms with Crippen molar-refractivity contribution in [2.45, 2.75) is 13.8 Å². The molecule has 0 atom stereocenters. The molecule has 80 valence electrons. The highest BCUT2D eigenvalue weighted by Crippen LogP contribution is 2.29. The van der Waals surface area contributed by atoms with Gasteiger partial charge in [-0.05, 0) is 32.0 Å². The fourth-order valence-electron chi connectivity index (χ4n) is 1.50. The van der Waals surface area contributed by atoms with Crippen molar-refractivity contribution in [3.05, 3.63) is 41.2 Å². The van der Waals surface area contributed by atoms with Crippen LogP contribution in [0.15, 0.2) is 34.3 Å². The molecule has 0 fully saturated rings. The molecule has 0 aliphatic carbocycles. The van der Waals surface area contributed by atoms with Gasteiger partial charge in [-0.2, -0.15) is 5.26 Å². The summed E-state index contributed by atoms with van der Waals surface area (Å²) in [4.78, 5) is 0. The van der Waals surface area contributed by atoms with E-state index in [1.807, 2.05) is 37.3 Å². The number of furan rings is 1. The van der Waals surface area contributed by atoms with E-state index in [2.05, 4.69) is 0 Å². The van der Waals surface area contributed by atoms with Crippen LogP contribution in [-0.2, 0) is 0 Å². The fraction of sp³-hybridized carbons (Fsp3) is 0.154. The van der Waals surface area contributed by atoms with E-state index in [1.54, 1.807) is 6.92 Å². The number of aryl methyl sites for hydroxylation is 1. The van der Waals surface area contributed by atoms with Crippen LogP contribution in [0.3, 0.4) is 0 Å². The maximum Gasteiger partial charge on any atom is 0.147 e. The van der Waals surface area contributed by atoms with Gasteiger partial charge in [0.2, 0.25) is 0 Å². The lowest BCUT2D eigenvalue weighted by Gasteiger charge is -1.92. The minimum absolute atomic E-state index is 0.372. The standard InChI is InChI=1S/C13H10ClNO/c1-8-3-4-11-10(5-8)6-12(16-11)13(14)9(2)7-15/h3-6H,1-2H3. The van der Waals surface area contributed by atoms with Gasteiger partial charge in [0.05, 0.1) is 11.1 Å². The average molecular weight is 232 g/mol. The number of nitrogens with zero attached hydrogens (tertiary/aromatic N) is 1. The Balaban J connectivity index is 2.61. The van der Waals surface area contributed by atoms with E-state index in [1.165, 1.54) is 0 Å². The molecular formula is C13H10ClNO. The molecule has 1 aromatic heterocycles. The van der Waals surface area contributed by atoms with Crippen LogP contribution >= 0.6 is 11.6 Å². The lowest BCUT2D eigenvalue weighted by Crippen LogP contribution is -1.75. The number of allylic oxidation sites excluding steroid dienone is 1. The lowest BCUT2D eigenvalue weighted by molar-refractivity contribution is 0.602. The summed E-state index contributed by atoms with van der Waals surface area (Å²) in [6, 6.07) is 9.76. The molecule has 0 amide bonds. The van der Waals surface area contributed by atoms with Gasteiger partial charge in [0.1, 0.15) is 11.3 Å². The maximum absolute atomic E-state index is 8.75. The van der Waals surface area contributed by atoms with Crippen molar-refractivity contribution in [2.24, 2.45) is 0 Å². The zero-order valence-corrected chi connectivity index (χ0v) is 9.80. The van der Waals surface area contributed by atoms with E-state index in [0.717, 1.165) is 16.5 Å². The zero-order valence-electron chi connectivity index (χ0n) is 9.04. The fourth-order valence-corrected chi connectivity index (χ4v) is 1.64. The van der Waals surface area contributed by atoms with Gasteiger partial charge in [-0.25, -0.2) is 0 Å². The minimum Gasteiger partial charge on any atom is -0.455 e. The Morgan fingerprint density at radius 2 is 2.12 bits per heavy atom. The molecule has 0 aliphatic heterocycles. The summed E-state index contributed by atoms with van der Waals surface area (Å²) in [7, 11) is 0. The minimum atomic E-state index is 0.372. The summed E-state index contributed by atoms with van der Waals surface area (Å²) in [6.07, 6.45) is 0. The van der Waals surface area contributed by atoms with Crippen LogP contribution in [0, 0.1) is 18.3 Å². The number of rotatable bonds is 1. The molecule has 0 unspecified atom stereocenters. The number of nitriles is 1. The molecule has 0 saturated heterocycles. The van der Waals surface area contributed by atoms with E-state index >= 15 is 0 Å². The van der Waals surface area contributed by atoms with Crippen LogP contribution in [0.4, 0.5) is 0 Å². The number of halogens is 1. The molecule has 0 radical (unpaired) electrons. The third-order valence-corrected chi connectivity index (χ3v) is 2.85. The highest BCUT2D eigenvalue weighted by molar-refractivity contribution is 6.49. The van der Waals surface area contributed by atoms with Gasteiger partial charge < -0.3 is 4.42 Å². The Labute approximate surface area is 98.7 Å². The molecule has 2 nitrogen and oxygen atoms in total. The molecule has 2 rings (SSSR count). The first kappa shape index (κ1) is 10.8. The van der Waals surface area contributed by atoms with Crippen molar-refractivity contribution < 1.29 is 4.42 Å². The van der Waals surface area contributed by atoms with Gasteiger partial charge in [0.15, 0.2) is 0 Å². The molecular weight excluding hydrogens is 222 g/mol. The van der Waals surface area contributed by atoms with Gasteiger partial charge in [0.25, 0.3) is 0 Å². The van der Waals surface area contributed by atoms with E-state index in [0.29, 0.717) is 16.4 Å². The van der Waals surface area contributed by atoms with Crippen LogP contribution in [0.2, 0.25) is 0 Å². The van der Waals surface area contributed by atoms with Crippen molar-refractivity contribution in [3.8, 4) is 6.07 Å². The van der Waals surface area contributed by atoms with Gasteiger partial charge in [-0.1, -0.05) is 23.2 Å². The first-order valence-corrected chi connectivity index (χ1v) is 5.26. The molecule has 1 heterocycles. The SMILES string of the molecule is CC(C#N)=C(Cl)c1cc2cc(C)ccc2o1. The maximum atomic E-state index is 8.75. The first-order valence-electron chi connectivity index (χ1n) is 4.89. The number of benzene rings is 1. The highest BCUT2D eigenvalue weighted by Gasteiger charge is 2.09. The molecule has 3 heteroatoms. The van der Waals surface area contributed by atoms with E-state index in [9.17, 15) is 0 Å². The summed E-state index contributed by atoms with van der Waals surface area (Å²) < 4.78 is 5.57. The normalized spacial score (nSPS) is 12.4. The third kappa shape index (κ3) is 1.82.